The molecule has 40 heavy (non-hydrogen) atoms. The van der Waals surface area contributed by atoms with Crippen LogP contribution in [0.15, 0.2) is 60.9 Å². The van der Waals surface area contributed by atoms with Gasteiger partial charge in [-0.05, 0) is 59.2 Å². The monoisotopic (exact) mass is 603 g/mol. The molecule has 0 aliphatic carbocycles. The van der Waals surface area contributed by atoms with Crippen molar-refractivity contribution in [2.45, 2.75) is 44.3 Å². The third-order valence-corrected chi connectivity index (χ3v) is 7.16. The smallest absolute Gasteiger partial charge is 0.336 e. The molecule has 1 aliphatic heterocycles. The van der Waals surface area contributed by atoms with Gasteiger partial charge in [-0.25, -0.2) is 0 Å². The molecule has 0 radical (unpaired) electrons. The number of halogens is 8. The summed E-state index contributed by atoms with van der Waals surface area (Å²) in [4.78, 5) is 33.5. The lowest BCUT2D eigenvalue weighted by molar-refractivity contribution is -0.143. The first-order valence-corrected chi connectivity index (χ1v) is 12.7. The Balaban J connectivity index is 1.71. The van der Waals surface area contributed by atoms with Gasteiger partial charge < -0.3 is 9.80 Å². The third kappa shape index (κ3) is 7.06. The van der Waals surface area contributed by atoms with Crippen molar-refractivity contribution in [1.82, 2.24) is 14.8 Å². The van der Waals surface area contributed by atoms with Crippen LogP contribution in [0.1, 0.15) is 34.2 Å². The number of carbonyl (C=O) groups is 2. The molecule has 3 aromatic rings. The summed E-state index contributed by atoms with van der Waals surface area (Å²) >= 11 is 12.1. The first-order valence-electron chi connectivity index (χ1n) is 11.9. The van der Waals surface area contributed by atoms with Crippen molar-refractivity contribution in [2.24, 2.45) is 0 Å². The van der Waals surface area contributed by atoms with Crippen LogP contribution in [0.4, 0.5) is 26.3 Å². The van der Waals surface area contributed by atoms with Gasteiger partial charge in [-0.2, -0.15) is 26.3 Å². The number of pyridine rings is 1. The largest absolute Gasteiger partial charge is 0.416 e. The number of hydrogen-bond donors (Lipinski definition) is 0. The second-order valence-electron chi connectivity index (χ2n) is 9.27. The molecule has 2 aromatic carbocycles. The lowest BCUT2D eigenvalue weighted by Crippen LogP contribution is -2.48. The molecular formula is C27H21Cl2F6N3O2. The maximum Gasteiger partial charge on any atom is 0.416 e. The van der Waals surface area contributed by atoms with Gasteiger partial charge in [0.15, 0.2) is 0 Å². The summed E-state index contributed by atoms with van der Waals surface area (Å²) in [5.74, 6) is -1.03. The maximum absolute atomic E-state index is 13.8. The molecule has 4 rings (SSSR count). The summed E-state index contributed by atoms with van der Waals surface area (Å²) in [5.41, 5.74) is -2.10. The standard InChI is InChI=1S/C27H21Cl2F6N3O2/c28-21-2-1-17(11-22(21)29)12-23-25(40)37(8-5-24(39)38(23)15-16-3-6-36-7-4-16)14-18-9-19(26(30,31)32)13-20(10-18)27(33,34)35/h1-4,6-7,9-11,13,23H,5,8,12,14-15H2/t23-/m0/s1. The van der Waals surface area contributed by atoms with Gasteiger partial charge in [-0.15, -0.1) is 0 Å². The molecule has 2 amide bonds. The lowest BCUT2D eigenvalue weighted by atomic mass is 10.0. The van der Waals surface area contributed by atoms with Gasteiger partial charge in [-0.3, -0.25) is 14.6 Å². The van der Waals surface area contributed by atoms with Crippen LogP contribution in [0.5, 0.6) is 0 Å². The van der Waals surface area contributed by atoms with E-state index < -0.39 is 47.9 Å². The Morgan fingerprint density at radius 1 is 0.775 bits per heavy atom. The molecule has 1 atom stereocenters. The highest BCUT2D eigenvalue weighted by molar-refractivity contribution is 6.42. The molecule has 1 aromatic heterocycles. The minimum atomic E-state index is -5.04. The van der Waals surface area contributed by atoms with Gasteiger partial charge in [0.25, 0.3) is 0 Å². The van der Waals surface area contributed by atoms with Crippen molar-refractivity contribution in [2.75, 3.05) is 6.54 Å². The number of hydrogen-bond acceptors (Lipinski definition) is 3. The highest BCUT2D eigenvalue weighted by Gasteiger charge is 2.39. The van der Waals surface area contributed by atoms with Gasteiger partial charge in [0, 0.05) is 44.9 Å². The van der Waals surface area contributed by atoms with E-state index in [1.54, 1.807) is 18.2 Å². The van der Waals surface area contributed by atoms with E-state index in [1.807, 2.05) is 0 Å². The van der Waals surface area contributed by atoms with Gasteiger partial charge >= 0.3 is 12.4 Å². The highest BCUT2D eigenvalue weighted by Crippen LogP contribution is 2.37. The van der Waals surface area contributed by atoms with Crippen molar-refractivity contribution in [3.63, 3.8) is 0 Å². The third-order valence-electron chi connectivity index (χ3n) is 6.43. The topological polar surface area (TPSA) is 53.5 Å². The number of aromatic nitrogens is 1. The normalized spacial score (nSPS) is 16.9. The van der Waals surface area contributed by atoms with Crippen molar-refractivity contribution in [3.05, 3.63) is 98.8 Å². The van der Waals surface area contributed by atoms with E-state index >= 15 is 0 Å². The Bertz CT molecular complexity index is 1370. The molecule has 1 saturated heterocycles. The average molecular weight is 604 g/mol. The van der Waals surface area contributed by atoms with Crippen molar-refractivity contribution in [3.8, 4) is 0 Å². The summed E-state index contributed by atoms with van der Waals surface area (Å²) in [6.07, 6.45) is -7.23. The van der Waals surface area contributed by atoms with Crippen LogP contribution >= 0.6 is 23.2 Å². The molecule has 0 N–H and O–H groups in total. The molecule has 5 nitrogen and oxygen atoms in total. The first kappa shape index (κ1) is 29.7. The van der Waals surface area contributed by atoms with Crippen LogP contribution in [-0.4, -0.2) is 39.2 Å². The Kier molecular flexibility index (Phi) is 8.65. The van der Waals surface area contributed by atoms with E-state index in [0.29, 0.717) is 23.3 Å². The zero-order chi connectivity index (χ0) is 29.2. The quantitative estimate of drug-likeness (QED) is 0.291. The van der Waals surface area contributed by atoms with E-state index in [1.165, 1.54) is 29.4 Å². The van der Waals surface area contributed by atoms with Crippen molar-refractivity contribution >= 4 is 35.0 Å². The molecule has 1 aliphatic rings. The fourth-order valence-electron chi connectivity index (χ4n) is 4.46. The van der Waals surface area contributed by atoms with Crippen LogP contribution in [0.2, 0.25) is 10.0 Å². The zero-order valence-electron chi connectivity index (χ0n) is 20.6. The molecule has 13 heteroatoms. The van der Waals surface area contributed by atoms with Crippen LogP contribution < -0.4 is 0 Å². The van der Waals surface area contributed by atoms with Crippen LogP contribution in [-0.2, 0) is 41.5 Å². The van der Waals surface area contributed by atoms with Crippen LogP contribution in [0, 0.1) is 0 Å². The summed E-state index contributed by atoms with van der Waals surface area (Å²) in [6.45, 7) is -0.714. The molecule has 0 saturated carbocycles. The second-order valence-corrected chi connectivity index (χ2v) is 10.1. The van der Waals surface area contributed by atoms with E-state index in [-0.39, 0.29) is 47.6 Å². The van der Waals surface area contributed by atoms with Gasteiger partial charge in [0.2, 0.25) is 11.8 Å². The molecule has 0 spiro atoms. The predicted octanol–water partition coefficient (Wildman–Crippen LogP) is 6.80. The SMILES string of the molecule is O=C1[C@H](Cc2ccc(Cl)c(Cl)c2)N(Cc2ccncc2)C(=O)CCN1Cc1cc(C(F)(F)F)cc(C(F)(F)F)c1. The minimum absolute atomic E-state index is 0.0144. The number of rotatable bonds is 6. The molecule has 0 unspecified atom stereocenters. The number of benzene rings is 2. The van der Waals surface area contributed by atoms with Crippen molar-refractivity contribution in [1.29, 1.82) is 0 Å². The van der Waals surface area contributed by atoms with Crippen LogP contribution in [0.3, 0.4) is 0 Å². The summed E-state index contributed by atoms with van der Waals surface area (Å²) in [5, 5.41) is 0.488. The summed E-state index contributed by atoms with van der Waals surface area (Å²) in [7, 11) is 0. The van der Waals surface area contributed by atoms with Gasteiger partial charge in [0.05, 0.1) is 21.2 Å². The first-order chi connectivity index (χ1) is 18.7. The van der Waals surface area contributed by atoms with E-state index in [2.05, 4.69) is 4.98 Å². The molecule has 1 fully saturated rings. The number of nitrogens with zero attached hydrogens (tertiary/aromatic N) is 3. The van der Waals surface area contributed by atoms with E-state index in [4.69, 9.17) is 23.2 Å². The summed E-state index contributed by atoms with van der Waals surface area (Å²) < 4.78 is 80.4. The lowest BCUT2D eigenvalue weighted by Gasteiger charge is -2.31. The number of alkyl halides is 6. The molecule has 2 heterocycles. The Labute approximate surface area is 235 Å². The Hall–Kier alpha value is -3.31. The van der Waals surface area contributed by atoms with E-state index in [0.717, 1.165) is 4.90 Å². The number of carbonyl (C=O) groups excluding carboxylic acids is 2. The fourth-order valence-corrected chi connectivity index (χ4v) is 4.78. The minimum Gasteiger partial charge on any atom is -0.336 e. The highest BCUT2D eigenvalue weighted by atomic mass is 35.5. The molecule has 212 valence electrons. The predicted molar refractivity (Wildman–Crippen MR) is 135 cm³/mol. The Morgan fingerprint density at radius 2 is 1.40 bits per heavy atom. The van der Waals surface area contributed by atoms with Crippen LogP contribution in [0.25, 0.3) is 0 Å². The maximum atomic E-state index is 13.8. The average Bonchev–Trinajstić information content (AvgIpc) is 2.98. The van der Waals surface area contributed by atoms with E-state index in [9.17, 15) is 35.9 Å². The number of amides is 2. The van der Waals surface area contributed by atoms with Gasteiger partial charge in [0.1, 0.15) is 6.04 Å². The van der Waals surface area contributed by atoms with Gasteiger partial charge in [-0.1, -0.05) is 29.3 Å². The molecule has 0 bridgehead atoms. The fraction of sp³-hybridized carbons (Fsp3) is 0.296. The molecular weight excluding hydrogens is 583 g/mol. The zero-order valence-corrected chi connectivity index (χ0v) is 22.1. The Morgan fingerprint density at radius 3 is 1.98 bits per heavy atom. The second kappa shape index (κ2) is 11.7. The van der Waals surface area contributed by atoms with Crippen molar-refractivity contribution < 1.29 is 35.9 Å². The summed E-state index contributed by atoms with van der Waals surface area (Å²) in [6, 6.07) is 8.08.